The Bertz CT molecular complexity index is 1300. The molecule has 1 aliphatic carbocycles. The molecule has 0 saturated heterocycles. The van der Waals surface area contributed by atoms with Gasteiger partial charge < -0.3 is 15.7 Å². The molecule has 26 heavy (non-hydrogen) atoms. The van der Waals surface area contributed by atoms with E-state index in [4.69, 9.17) is 5.73 Å². The molecule has 0 fully saturated rings. The predicted octanol–water partition coefficient (Wildman–Crippen LogP) is 2.95. The highest BCUT2D eigenvalue weighted by atomic mass is 32.1. The Morgan fingerprint density at radius 1 is 1.08 bits per heavy atom. The van der Waals surface area contributed by atoms with E-state index in [9.17, 15) is 9.59 Å². The minimum absolute atomic E-state index is 0.158. The third-order valence-electron chi connectivity index (χ3n) is 4.99. The first-order chi connectivity index (χ1) is 12.6. The van der Waals surface area contributed by atoms with E-state index in [0.29, 0.717) is 16.3 Å². The van der Waals surface area contributed by atoms with Gasteiger partial charge in [-0.1, -0.05) is 12.1 Å². The fraction of sp³-hybridized carbons (Fsp3) is 0.211. The van der Waals surface area contributed by atoms with E-state index in [-0.39, 0.29) is 28.2 Å². The zero-order chi connectivity index (χ0) is 17.8. The molecule has 0 spiro atoms. The molecule has 4 aromatic rings. The predicted molar refractivity (Wildman–Crippen MR) is 105 cm³/mol. The van der Waals surface area contributed by atoms with Crippen molar-refractivity contribution in [1.29, 1.82) is 0 Å². The van der Waals surface area contributed by atoms with Gasteiger partial charge >= 0.3 is 0 Å². The molecule has 0 amide bonds. The monoisotopic (exact) mass is 364 g/mol. The van der Waals surface area contributed by atoms with Crippen LogP contribution in [-0.2, 0) is 12.8 Å². The first-order valence-corrected chi connectivity index (χ1v) is 9.40. The van der Waals surface area contributed by atoms with Gasteiger partial charge in [-0.3, -0.25) is 9.59 Å². The molecular formula is C19H16N4O2S. The second kappa shape index (κ2) is 5.54. The molecule has 0 atom stereocenters. The van der Waals surface area contributed by atoms with E-state index in [1.807, 2.05) is 6.07 Å². The number of aromatic nitrogens is 3. The molecule has 5 rings (SSSR count). The summed E-state index contributed by atoms with van der Waals surface area (Å²) < 4.78 is 0. The van der Waals surface area contributed by atoms with Crippen LogP contribution in [0.1, 0.15) is 23.3 Å². The van der Waals surface area contributed by atoms with Crippen molar-refractivity contribution in [2.24, 2.45) is 0 Å². The maximum atomic E-state index is 13.3. The molecule has 4 N–H and O–H groups in total. The first kappa shape index (κ1) is 15.3. The molecular weight excluding hydrogens is 348 g/mol. The van der Waals surface area contributed by atoms with Gasteiger partial charge in [-0.2, -0.15) is 0 Å². The molecule has 3 heterocycles. The van der Waals surface area contributed by atoms with Gasteiger partial charge in [-0.05, 0) is 43.4 Å². The van der Waals surface area contributed by atoms with Gasteiger partial charge in [0.05, 0.1) is 16.3 Å². The summed E-state index contributed by atoms with van der Waals surface area (Å²) in [5, 5.41) is 1.19. The standard InChI is InChI=1S/C19H16N4O2S/c20-16-14(17-21-11-7-3-1-5-9(11)18(25)23-17)15(24)13-10-6-2-4-8-12(10)26-19(13)22-16/h1,3,5,7H,2,4,6,8H2,(H3,20,22,24)(H,21,23,25). The fourth-order valence-electron chi connectivity index (χ4n) is 3.77. The maximum Gasteiger partial charge on any atom is 0.259 e. The molecule has 0 bridgehead atoms. The van der Waals surface area contributed by atoms with Crippen LogP contribution in [0.25, 0.3) is 32.5 Å². The van der Waals surface area contributed by atoms with Gasteiger partial charge in [0.1, 0.15) is 22.0 Å². The van der Waals surface area contributed by atoms with Crippen molar-refractivity contribution in [3.8, 4) is 11.4 Å². The van der Waals surface area contributed by atoms with Gasteiger partial charge in [-0.25, -0.2) is 4.98 Å². The number of thiophene rings is 1. The van der Waals surface area contributed by atoms with E-state index in [1.165, 1.54) is 4.88 Å². The third kappa shape index (κ3) is 2.13. The highest BCUT2D eigenvalue weighted by Crippen LogP contribution is 2.35. The van der Waals surface area contributed by atoms with Crippen LogP contribution in [0.3, 0.4) is 0 Å². The summed E-state index contributed by atoms with van der Waals surface area (Å²) in [6.45, 7) is 0. The number of nitrogen functional groups attached to an aromatic ring is 1. The molecule has 0 saturated carbocycles. The lowest BCUT2D eigenvalue weighted by molar-refractivity contribution is 0.700. The van der Waals surface area contributed by atoms with E-state index < -0.39 is 0 Å². The van der Waals surface area contributed by atoms with Crippen molar-refractivity contribution < 1.29 is 0 Å². The lowest BCUT2D eigenvalue weighted by Crippen LogP contribution is -2.17. The Kier molecular flexibility index (Phi) is 3.27. The Hall–Kier alpha value is -2.93. The maximum absolute atomic E-state index is 13.3. The molecule has 0 radical (unpaired) electrons. The summed E-state index contributed by atoms with van der Waals surface area (Å²) in [7, 11) is 0. The summed E-state index contributed by atoms with van der Waals surface area (Å²) in [6.07, 6.45) is 4.14. The molecule has 3 aromatic heterocycles. The zero-order valence-corrected chi connectivity index (χ0v) is 14.7. The highest BCUT2D eigenvalue weighted by Gasteiger charge is 2.23. The second-order valence-electron chi connectivity index (χ2n) is 6.59. The average Bonchev–Trinajstić information content (AvgIpc) is 3.00. The molecule has 130 valence electrons. The number of benzene rings is 1. The first-order valence-electron chi connectivity index (χ1n) is 8.59. The Labute approximate surface area is 151 Å². The molecule has 0 unspecified atom stereocenters. The largest absolute Gasteiger partial charge is 0.385 e. The number of hydrogen-bond acceptors (Lipinski definition) is 5. The van der Waals surface area contributed by atoms with Crippen LogP contribution >= 0.6 is 11.3 Å². The third-order valence-corrected chi connectivity index (χ3v) is 6.20. The zero-order valence-electron chi connectivity index (χ0n) is 13.9. The number of anilines is 1. The van der Waals surface area contributed by atoms with Gasteiger partial charge in [0.2, 0.25) is 5.43 Å². The molecule has 0 aliphatic heterocycles. The number of nitrogens with zero attached hydrogens (tertiary/aromatic N) is 1. The number of aromatic amines is 2. The number of nitrogens with two attached hydrogens (primary N) is 1. The Balaban J connectivity index is 1.85. The van der Waals surface area contributed by atoms with Crippen LogP contribution < -0.4 is 16.7 Å². The minimum Gasteiger partial charge on any atom is -0.385 e. The number of pyridine rings is 1. The van der Waals surface area contributed by atoms with Crippen LogP contribution in [0.2, 0.25) is 0 Å². The quantitative estimate of drug-likeness (QED) is 0.483. The normalized spacial score (nSPS) is 14.0. The second-order valence-corrected chi connectivity index (χ2v) is 7.69. The van der Waals surface area contributed by atoms with E-state index in [1.54, 1.807) is 29.5 Å². The lowest BCUT2D eigenvalue weighted by atomic mass is 9.96. The fourth-order valence-corrected chi connectivity index (χ4v) is 5.07. The summed E-state index contributed by atoms with van der Waals surface area (Å²) in [5.41, 5.74) is 7.63. The number of aryl methyl sites for hydroxylation is 2. The van der Waals surface area contributed by atoms with Gasteiger partial charge in [0.15, 0.2) is 0 Å². The Morgan fingerprint density at radius 3 is 2.77 bits per heavy atom. The number of H-pyrrole nitrogens is 2. The molecule has 6 nitrogen and oxygen atoms in total. The van der Waals surface area contributed by atoms with Gasteiger partial charge in [0, 0.05) is 4.88 Å². The summed E-state index contributed by atoms with van der Waals surface area (Å²) in [5.74, 6) is 0.449. The van der Waals surface area contributed by atoms with E-state index >= 15 is 0 Å². The highest BCUT2D eigenvalue weighted by molar-refractivity contribution is 7.18. The van der Waals surface area contributed by atoms with Crippen molar-refractivity contribution in [2.75, 3.05) is 5.73 Å². The van der Waals surface area contributed by atoms with E-state index in [0.717, 1.165) is 36.1 Å². The van der Waals surface area contributed by atoms with Crippen LogP contribution in [-0.4, -0.2) is 15.0 Å². The van der Waals surface area contributed by atoms with Crippen molar-refractivity contribution in [3.63, 3.8) is 0 Å². The number of rotatable bonds is 1. The van der Waals surface area contributed by atoms with Crippen molar-refractivity contribution >= 4 is 38.3 Å². The number of hydrogen-bond donors (Lipinski definition) is 3. The minimum atomic E-state index is -0.281. The summed E-state index contributed by atoms with van der Waals surface area (Å²) in [6, 6.07) is 7.05. The molecule has 7 heteroatoms. The molecule has 1 aromatic carbocycles. The van der Waals surface area contributed by atoms with E-state index in [2.05, 4.69) is 15.0 Å². The number of para-hydroxylation sites is 1. The van der Waals surface area contributed by atoms with Gasteiger partial charge in [0.25, 0.3) is 5.56 Å². The van der Waals surface area contributed by atoms with Crippen molar-refractivity contribution in [2.45, 2.75) is 25.7 Å². The smallest absolute Gasteiger partial charge is 0.259 e. The van der Waals surface area contributed by atoms with Crippen LogP contribution in [0.5, 0.6) is 0 Å². The average molecular weight is 364 g/mol. The topological polar surface area (TPSA) is 105 Å². The van der Waals surface area contributed by atoms with Crippen LogP contribution in [0, 0.1) is 0 Å². The van der Waals surface area contributed by atoms with Crippen LogP contribution in [0.15, 0.2) is 33.9 Å². The van der Waals surface area contributed by atoms with Crippen molar-refractivity contribution in [3.05, 3.63) is 55.3 Å². The van der Waals surface area contributed by atoms with Gasteiger partial charge in [-0.15, -0.1) is 11.3 Å². The Morgan fingerprint density at radius 2 is 1.88 bits per heavy atom. The van der Waals surface area contributed by atoms with Crippen molar-refractivity contribution in [1.82, 2.24) is 15.0 Å². The molecule has 1 aliphatic rings. The number of nitrogens with one attached hydrogen (secondary N) is 2. The SMILES string of the molecule is Nc1[nH]c2sc3c(c2c(=O)c1-c1nc2ccccc2c(=O)[nH]1)CCCC3. The lowest BCUT2D eigenvalue weighted by Gasteiger charge is -2.10. The summed E-state index contributed by atoms with van der Waals surface area (Å²) >= 11 is 1.61. The summed E-state index contributed by atoms with van der Waals surface area (Å²) in [4.78, 5) is 38.1. The number of fused-ring (bicyclic) bond motifs is 4. The van der Waals surface area contributed by atoms with Crippen LogP contribution in [0.4, 0.5) is 5.82 Å².